The van der Waals surface area contributed by atoms with E-state index in [4.69, 9.17) is 0 Å². The number of rotatable bonds is 8. The Morgan fingerprint density at radius 1 is 1.11 bits per heavy atom. The van der Waals surface area contributed by atoms with Gasteiger partial charge in [0.15, 0.2) is 5.65 Å². The molecule has 0 aliphatic rings. The van der Waals surface area contributed by atoms with Crippen molar-refractivity contribution in [2.45, 2.75) is 19.4 Å². The molecule has 0 spiro atoms. The molecule has 5 rings (SSSR count). The Hall–Kier alpha value is -4.44. The zero-order valence-electron chi connectivity index (χ0n) is 20.0. The van der Waals surface area contributed by atoms with Gasteiger partial charge in [0.05, 0.1) is 36.1 Å². The molecular weight excluding hydrogens is 456 g/mol. The fourth-order valence-corrected chi connectivity index (χ4v) is 4.28. The summed E-state index contributed by atoms with van der Waals surface area (Å²) >= 11 is 0. The number of hydrogen-bond acceptors (Lipinski definition) is 8. The van der Waals surface area contributed by atoms with Crippen LogP contribution in [0.1, 0.15) is 28.8 Å². The number of aliphatic hydroxyl groups is 1. The largest absolute Gasteiger partial charge is 0.394 e. The van der Waals surface area contributed by atoms with Crippen molar-refractivity contribution in [3.63, 3.8) is 0 Å². The highest BCUT2D eigenvalue weighted by Crippen LogP contribution is 2.27. The standard InChI is InChI=1S/C26H26N8O2/c1-16(19-4-3-5-20-21(26(36)27-2)6-7-28-24(19)20)12-29-23-11-22(31-15-32-23)17-10-18-14-33-34(8-9-35)25(18)30-13-17/h3-7,10-11,13-16,35H,8-9,12H2,1-2H3,(H,27,36)(H,29,31,32)/t16-/m1/s1. The number of hydrogen-bond donors (Lipinski definition) is 3. The minimum atomic E-state index is -0.132. The quantitative estimate of drug-likeness (QED) is 0.308. The average Bonchev–Trinajstić information content (AvgIpc) is 3.33. The third-order valence-corrected chi connectivity index (χ3v) is 6.14. The zero-order valence-corrected chi connectivity index (χ0v) is 20.0. The predicted molar refractivity (Wildman–Crippen MR) is 138 cm³/mol. The van der Waals surface area contributed by atoms with E-state index in [0.717, 1.165) is 38.8 Å². The first-order valence-corrected chi connectivity index (χ1v) is 11.7. The molecule has 0 bridgehead atoms. The van der Waals surface area contributed by atoms with Crippen LogP contribution in [0.15, 0.2) is 61.3 Å². The van der Waals surface area contributed by atoms with E-state index in [9.17, 15) is 9.90 Å². The number of fused-ring (bicyclic) bond motifs is 2. The fourth-order valence-electron chi connectivity index (χ4n) is 4.28. The molecule has 0 fully saturated rings. The van der Waals surface area contributed by atoms with Gasteiger partial charge in [-0.15, -0.1) is 0 Å². The molecule has 0 aliphatic carbocycles. The van der Waals surface area contributed by atoms with Gasteiger partial charge in [-0.05, 0) is 17.7 Å². The number of para-hydroxylation sites is 1. The number of pyridine rings is 2. The lowest BCUT2D eigenvalue weighted by atomic mass is 9.96. The molecule has 0 unspecified atom stereocenters. The van der Waals surface area contributed by atoms with Crippen LogP contribution in [0.2, 0.25) is 0 Å². The number of anilines is 1. The molecule has 1 amide bonds. The van der Waals surface area contributed by atoms with Crippen LogP contribution < -0.4 is 10.6 Å². The second-order valence-corrected chi connectivity index (χ2v) is 8.48. The van der Waals surface area contributed by atoms with E-state index in [-0.39, 0.29) is 18.4 Å². The molecule has 4 aromatic heterocycles. The summed E-state index contributed by atoms with van der Waals surface area (Å²) in [5.74, 6) is 0.671. The van der Waals surface area contributed by atoms with Crippen LogP contribution in [-0.4, -0.2) is 60.9 Å². The zero-order chi connectivity index (χ0) is 25.1. The van der Waals surface area contributed by atoms with Crippen LogP contribution in [-0.2, 0) is 6.54 Å². The van der Waals surface area contributed by atoms with Gasteiger partial charge in [-0.1, -0.05) is 25.1 Å². The maximum absolute atomic E-state index is 12.3. The van der Waals surface area contributed by atoms with Crippen LogP contribution in [0.4, 0.5) is 5.82 Å². The number of benzene rings is 1. The Morgan fingerprint density at radius 2 is 2.00 bits per heavy atom. The van der Waals surface area contributed by atoms with E-state index >= 15 is 0 Å². The Labute approximate surface area is 207 Å². The van der Waals surface area contributed by atoms with Gasteiger partial charge in [-0.3, -0.25) is 9.78 Å². The van der Waals surface area contributed by atoms with Crippen molar-refractivity contribution in [1.29, 1.82) is 0 Å². The Morgan fingerprint density at radius 3 is 2.83 bits per heavy atom. The highest BCUT2D eigenvalue weighted by Gasteiger charge is 2.15. The topological polar surface area (TPSA) is 131 Å². The van der Waals surface area contributed by atoms with Crippen molar-refractivity contribution in [1.82, 2.24) is 35.0 Å². The molecule has 0 aliphatic heterocycles. The number of aliphatic hydroxyl groups excluding tert-OH is 1. The molecule has 36 heavy (non-hydrogen) atoms. The molecule has 0 radical (unpaired) electrons. The minimum Gasteiger partial charge on any atom is -0.394 e. The van der Waals surface area contributed by atoms with E-state index in [1.807, 2.05) is 30.3 Å². The summed E-state index contributed by atoms with van der Waals surface area (Å²) in [6.07, 6.45) is 6.68. The van der Waals surface area contributed by atoms with Gasteiger partial charge < -0.3 is 15.7 Å². The van der Waals surface area contributed by atoms with Crippen molar-refractivity contribution in [2.75, 3.05) is 25.5 Å². The molecule has 5 aromatic rings. The third-order valence-electron chi connectivity index (χ3n) is 6.14. The van der Waals surface area contributed by atoms with E-state index in [1.54, 1.807) is 36.4 Å². The summed E-state index contributed by atoms with van der Waals surface area (Å²) in [7, 11) is 1.62. The summed E-state index contributed by atoms with van der Waals surface area (Å²) in [6, 6.07) is 11.5. The number of nitrogens with one attached hydrogen (secondary N) is 2. The normalized spacial score (nSPS) is 12.1. The molecular formula is C26H26N8O2. The summed E-state index contributed by atoms with van der Waals surface area (Å²) in [5, 5.41) is 21.3. The van der Waals surface area contributed by atoms with Crippen molar-refractivity contribution < 1.29 is 9.90 Å². The fraction of sp³-hybridized carbons (Fsp3) is 0.231. The highest BCUT2D eigenvalue weighted by molar-refractivity contribution is 6.06. The van der Waals surface area contributed by atoms with Gasteiger partial charge in [-0.25, -0.2) is 19.6 Å². The Kier molecular flexibility index (Phi) is 6.50. The smallest absolute Gasteiger partial charge is 0.251 e. The first-order chi connectivity index (χ1) is 17.6. The van der Waals surface area contributed by atoms with Gasteiger partial charge >= 0.3 is 0 Å². The number of nitrogens with zero attached hydrogens (tertiary/aromatic N) is 6. The SMILES string of the molecule is CNC(=O)c1ccnc2c([C@H](C)CNc3cc(-c4cnc5c(cnn5CCO)c4)ncn3)cccc12. The van der Waals surface area contributed by atoms with Gasteiger partial charge in [0.1, 0.15) is 12.1 Å². The van der Waals surface area contributed by atoms with Gasteiger partial charge in [-0.2, -0.15) is 5.10 Å². The summed E-state index contributed by atoms with van der Waals surface area (Å²) < 4.78 is 1.67. The lowest BCUT2D eigenvalue weighted by Gasteiger charge is -2.16. The molecule has 0 saturated heterocycles. The van der Waals surface area contributed by atoms with Crippen molar-refractivity contribution in [2.24, 2.45) is 0 Å². The molecule has 10 nitrogen and oxygen atoms in total. The second-order valence-electron chi connectivity index (χ2n) is 8.48. The third kappa shape index (κ3) is 4.46. The Balaban J connectivity index is 1.35. The summed E-state index contributed by atoms with van der Waals surface area (Å²) in [4.78, 5) is 30.1. The number of aromatic nitrogens is 6. The Bertz CT molecular complexity index is 1550. The molecule has 4 heterocycles. The first-order valence-electron chi connectivity index (χ1n) is 11.7. The monoisotopic (exact) mass is 482 g/mol. The van der Waals surface area contributed by atoms with Crippen LogP contribution in [0.25, 0.3) is 33.2 Å². The number of carbonyl (C=O) groups is 1. The molecule has 182 valence electrons. The lowest BCUT2D eigenvalue weighted by Crippen LogP contribution is -2.18. The molecule has 1 atom stereocenters. The lowest BCUT2D eigenvalue weighted by molar-refractivity contribution is 0.0964. The minimum absolute atomic E-state index is 0.00362. The molecule has 0 saturated carbocycles. The summed E-state index contributed by atoms with van der Waals surface area (Å²) in [6.45, 7) is 3.13. The maximum Gasteiger partial charge on any atom is 0.251 e. The number of amides is 1. The predicted octanol–water partition coefficient (Wildman–Crippen LogP) is 3.00. The molecule has 1 aromatic carbocycles. The number of carbonyl (C=O) groups excluding carboxylic acids is 1. The maximum atomic E-state index is 12.3. The van der Waals surface area contributed by atoms with Gasteiger partial charge in [0, 0.05) is 54.3 Å². The summed E-state index contributed by atoms with van der Waals surface area (Å²) in [5.41, 5.74) is 4.79. The van der Waals surface area contributed by atoms with Crippen LogP contribution >= 0.6 is 0 Å². The second kappa shape index (κ2) is 10.0. The van der Waals surface area contributed by atoms with Crippen LogP contribution in [0.5, 0.6) is 0 Å². The van der Waals surface area contributed by atoms with E-state index < -0.39 is 0 Å². The highest BCUT2D eigenvalue weighted by atomic mass is 16.3. The van der Waals surface area contributed by atoms with Crippen LogP contribution in [0.3, 0.4) is 0 Å². The van der Waals surface area contributed by atoms with E-state index in [0.29, 0.717) is 24.5 Å². The molecule has 10 heteroatoms. The molecule has 3 N–H and O–H groups in total. The van der Waals surface area contributed by atoms with Crippen molar-refractivity contribution in [3.8, 4) is 11.3 Å². The van der Waals surface area contributed by atoms with Gasteiger partial charge in [0.25, 0.3) is 5.91 Å². The first kappa shape index (κ1) is 23.3. The van der Waals surface area contributed by atoms with Crippen molar-refractivity contribution in [3.05, 3.63) is 72.4 Å². The van der Waals surface area contributed by atoms with Crippen LogP contribution in [0, 0.1) is 0 Å². The average molecular weight is 483 g/mol. The van der Waals surface area contributed by atoms with Crippen molar-refractivity contribution >= 4 is 33.7 Å². The van der Waals surface area contributed by atoms with Gasteiger partial charge in [0.2, 0.25) is 0 Å². The van der Waals surface area contributed by atoms with E-state index in [2.05, 4.69) is 42.6 Å². The van der Waals surface area contributed by atoms with E-state index in [1.165, 1.54) is 6.33 Å².